The summed E-state index contributed by atoms with van der Waals surface area (Å²) in [7, 11) is 0. The maximum absolute atomic E-state index is 10.7. The largest absolute Gasteiger partial charge is 0.493 e. The van der Waals surface area contributed by atoms with Crippen LogP contribution in [0.25, 0.3) is 0 Å². The fraction of sp³-hybridized carbons (Fsp3) is 0.231. The van der Waals surface area contributed by atoms with Crippen LogP contribution in [0.2, 0.25) is 0 Å². The van der Waals surface area contributed by atoms with Gasteiger partial charge in [-0.1, -0.05) is 0 Å². The van der Waals surface area contributed by atoms with E-state index in [0.717, 1.165) is 17.0 Å². The zero-order valence-corrected chi connectivity index (χ0v) is 11.5. The third kappa shape index (κ3) is 3.10. The molecule has 1 heterocycles. The molecule has 0 aliphatic carbocycles. The molecule has 1 aromatic carbocycles. The molecule has 102 valence electrons. The molecule has 0 atom stereocenters. The number of nitro groups is 1. The Morgan fingerprint density at radius 1 is 1.55 bits per heavy atom. The van der Waals surface area contributed by atoms with Gasteiger partial charge in [0.15, 0.2) is 0 Å². The molecule has 2 rings (SSSR count). The molecule has 20 heavy (non-hydrogen) atoms. The maximum Gasteiger partial charge on any atom is 0.287 e. The monoisotopic (exact) mass is 289 g/mol. The standard InChI is InChI=1S/C13H11N3O3S/c1-9-13(20-8-15-9)4-5-19-11-2-3-12(16(17)18)10(6-11)7-14/h2-3,6,8H,4-5H2,1H3. The summed E-state index contributed by atoms with van der Waals surface area (Å²) in [5.41, 5.74) is 2.56. The van der Waals surface area contributed by atoms with Crippen molar-refractivity contribution in [2.75, 3.05) is 6.61 Å². The van der Waals surface area contributed by atoms with Crippen LogP contribution in [-0.4, -0.2) is 16.5 Å². The number of ether oxygens (including phenoxy) is 1. The van der Waals surface area contributed by atoms with Crippen LogP contribution in [0.5, 0.6) is 5.75 Å². The summed E-state index contributed by atoms with van der Waals surface area (Å²) in [6, 6.07) is 5.97. The fourth-order valence-corrected chi connectivity index (χ4v) is 2.44. The third-order valence-electron chi connectivity index (χ3n) is 2.73. The van der Waals surface area contributed by atoms with Gasteiger partial charge in [0.25, 0.3) is 5.69 Å². The second-order valence-electron chi connectivity index (χ2n) is 4.01. The van der Waals surface area contributed by atoms with Crippen molar-refractivity contribution in [2.45, 2.75) is 13.3 Å². The zero-order valence-electron chi connectivity index (χ0n) is 10.7. The first-order valence-electron chi connectivity index (χ1n) is 5.82. The summed E-state index contributed by atoms with van der Waals surface area (Å²) in [6.45, 7) is 2.37. The Hall–Kier alpha value is -2.46. The molecule has 0 aliphatic heterocycles. The van der Waals surface area contributed by atoms with E-state index in [2.05, 4.69) is 4.98 Å². The number of nitrogens with zero attached hydrogens (tertiary/aromatic N) is 3. The van der Waals surface area contributed by atoms with E-state index in [9.17, 15) is 10.1 Å². The molecule has 1 aromatic heterocycles. The van der Waals surface area contributed by atoms with Crippen LogP contribution in [0.4, 0.5) is 5.69 Å². The van der Waals surface area contributed by atoms with Gasteiger partial charge < -0.3 is 4.74 Å². The van der Waals surface area contributed by atoms with Crippen LogP contribution in [-0.2, 0) is 6.42 Å². The van der Waals surface area contributed by atoms with Crippen LogP contribution in [0.3, 0.4) is 0 Å². The lowest BCUT2D eigenvalue weighted by Crippen LogP contribution is -2.02. The Balaban J connectivity index is 2.02. The van der Waals surface area contributed by atoms with Gasteiger partial charge in [0.1, 0.15) is 17.4 Å². The number of rotatable bonds is 5. The van der Waals surface area contributed by atoms with E-state index in [4.69, 9.17) is 10.00 Å². The molecule has 7 heteroatoms. The van der Waals surface area contributed by atoms with Gasteiger partial charge in [0.2, 0.25) is 0 Å². The quantitative estimate of drug-likeness (QED) is 0.623. The van der Waals surface area contributed by atoms with Crippen molar-refractivity contribution in [1.82, 2.24) is 4.98 Å². The second kappa shape index (κ2) is 6.12. The maximum atomic E-state index is 10.7. The Labute approximate surface area is 119 Å². The molecular weight excluding hydrogens is 278 g/mol. The number of nitro benzene ring substituents is 1. The molecule has 0 amide bonds. The fourth-order valence-electron chi connectivity index (χ4n) is 1.68. The third-order valence-corrected chi connectivity index (χ3v) is 3.72. The lowest BCUT2D eigenvalue weighted by Gasteiger charge is -2.06. The second-order valence-corrected chi connectivity index (χ2v) is 4.95. The van der Waals surface area contributed by atoms with E-state index in [1.807, 2.05) is 6.92 Å². The van der Waals surface area contributed by atoms with Gasteiger partial charge in [-0.3, -0.25) is 10.1 Å². The van der Waals surface area contributed by atoms with Crippen LogP contribution in [0.15, 0.2) is 23.7 Å². The van der Waals surface area contributed by atoms with Crippen molar-refractivity contribution in [3.05, 3.63) is 50.0 Å². The summed E-state index contributed by atoms with van der Waals surface area (Å²) in [6.07, 6.45) is 0.718. The van der Waals surface area contributed by atoms with Gasteiger partial charge in [0.05, 0.1) is 22.7 Å². The van der Waals surface area contributed by atoms with E-state index in [-0.39, 0.29) is 11.3 Å². The van der Waals surface area contributed by atoms with Crippen molar-refractivity contribution >= 4 is 17.0 Å². The SMILES string of the molecule is Cc1ncsc1CCOc1ccc([N+](=O)[O-])c(C#N)c1. The van der Waals surface area contributed by atoms with Gasteiger partial charge in [-0.2, -0.15) is 5.26 Å². The molecule has 6 nitrogen and oxygen atoms in total. The lowest BCUT2D eigenvalue weighted by molar-refractivity contribution is -0.385. The zero-order chi connectivity index (χ0) is 14.5. The van der Waals surface area contributed by atoms with E-state index in [0.29, 0.717) is 12.4 Å². The van der Waals surface area contributed by atoms with E-state index < -0.39 is 4.92 Å². The van der Waals surface area contributed by atoms with Crippen molar-refractivity contribution in [2.24, 2.45) is 0 Å². The predicted molar refractivity (Wildman–Crippen MR) is 73.9 cm³/mol. The Morgan fingerprint density at radius 2 is 2.35 bits per heavy atom. The molecule has 0 bridgehead atoms. The number of aryl methyl sites for hydroxylation is 1. The molecule has 0 N–H and O–H groups in total. The normalized spacial score (nSPS) is 10.0. The molecule has 0 fully saturated rings. The highest BCUT2D eigenvalue weighted by Gasteiger charge is 2.14. The van der Waals surface area contributed by atoms with Gasteiger partial charge in [0, 0.05) is 23.4 Å². The minimum absolute atomic E-state index is 0.00136. The summed E-state index contributed by atoms with van der Waals surface area (Å²) in [5.74, 6) is 0.453. The van der Waals surface area contributed by atoms with Crippen LogP contribution >= 0.6 is 11.3 Å². The number of benzene rings is 1. The Bertz CT molecular complexity index is 676. The van der Waals surface area contributed by atoms with E-state index in [1.165, 1.54) is 18.2 Å². The first-order chi connectivity index (χ1) is 9.61. The molecule has 0 unspecified atom stereocenters. The molecule has 0 saturated carbocycles. The average molecular weight is 289 g/mol. The number of nitriles is 1. The first kappa shape index (κ1) is 14.0. The number of thiazole rings is 1. The van der Waals surface area contributed by atoms with Crippen molar-refractivity contribution in [1.29, 1.82) is 5.26 Å². The van der Waals surface area contributed by atoms with Crippen molar-refractivity contribution in [3.8, 4) is 11.8 Å². The molecule has 0 saturated heterocycles. The van der Waals surface area contributed by atoms with E-state index in [1.54, 1.807) is 22.9 Å². The highest BCUT2D eigenvalue weighted by molar-refractivity contribution is 7.09. The average Bonchev–Trinajstić information content (AvgIpc) is 2.84. The number of aromatic nitrogens is 1. The smallest absolute Gasteiger partial charge is 0.287 e. The number of hydrogen-bond donors (Lipinski definition) is 0. The first-order valence-corrected chi connectivity index (χ1v) is 6.70. The molecule has 0 spiro atoms. The summed E-state index contributed by atoms with van der Waals surface area (Å²) < 4.78 is 5.52. The van der Waals surface area contributed by atoms with Crippen LogP contribution < -0.4 is 4.74 Å². The van der Waals surface area contributed by atoms with Gasteiger partial charge in [-0.15, -0.1) is 11.3 Å². The van der Waals surface area contributed by atoms with Gasteiger partial charge >= 0.3 is 0 Å². The Morgan fingerprint density at radius 3 is 2.95 bits per heavy atom. The highest BCUT2D eigenvalue weighted by Crippen LogP contribution is 2.23. The lowest BCUT2D eigenvalue weighted by atomic mass is 10.2. The van der Waals surface area contributed by atoms with E-state index >= 15 is 0 Å². The Kier molecular flexibility index (Phi) is 4.27. The highest BCUT2D eigenvalue weighted by atomic mass is 32.1. The summed E-state index contributed by atoms with van der Waals surface area (Å²) >= 11 is 1.57. The van der Waals surface area contributed by atoms with Crippen LogP contribution in [0.1, 0.15) is 16.1 Å². The molecule has 2 aromatic rings. The van der Waals surface area contributed by atoms with Gasteiger partial charge in [-0.25, -0.2) is 4.98 Å². The minimum atomic E-state index is -0.580. The van der Waals surface area contributed by atoms with Crippen molar-refractivity contribution < 1.29 is 9.66 Å². The predicted octanol–water partition coefficient (Wildman–Crippen LogP) is 2.85. The number of hydrogen-bond acceptors (Lipinski definition) is 6. The minimum Gasteiger partial charge on any atom is -0.493 e. The summed E-state index contributed by atoms with van der Waals surface area (Å²) in [4.78, 5) is 15.4. The molecule has 0 radical (unpaired) electrons. The molecule has 0 aliphatic rings. The van der Waals surface area contributed by atoms with Crippen molar-refractivity contribution in [3.63, 3.8) is 0 Å². The molecular formula is C13H11N3O3S. The summed E-state index contributed by atoms with van der Waals surface area (Å²) in [5, 5.41) is 19.6. The van der Waals surface area contributed by atoms with Crippen LogP contribution in [0, 0.1) is 28.4 Å². The topological polar surface area (TPSA) is 89.1 Å². The van der Waals surface area contributed by atoms with Gasteiger partial charge in [-0.05, 0) is 13.0 Å².